The van der Waals surface area contributed by atoms with Crippen LogP contribution in [0.2, 0.25) is 0 Å². The first kappa shape index (κ1) is 24.1. The van der Waals surface area contributed by atoms with Crippen LogP contribution in [0.15, 0.2) is 24.3 Å². The van der Waals surface area contributed by atoms with E-state index in [2.05, 4.69) is 43.9 Å². The third kappa shape index (κ3) is 2.58. The van der Waals surface area contributed by atoms with Gasteiger partial charge in [-0.1, -0.05) is 39.0 Å². The van der Waals surface area contributed by atoms with Gasteiger partial charge in [0.15, 0.2) is 11.5 Å². The lowest BCUT2D eigenvalue weighted by Gasteiger charge is -2.73. The Balaban J connectivity index is 0.00000229. The molecule has 3 fully saturated rings. The molecule has 0 aromatic heterocycles. The van der Waals surface area contributed by atoms with E-state index in [9.17, 15) is 15.3 Å². The van der Waals surface area contributed by atoms with Crippen LogP contribution in [0, 0.1) is 28.1 Å². The highest BCUT2D eigenvalue weighted by atomic mass is 32.1. The number of benzene rings is 1. The van der Waals surface area contributed by atoms with E-state index >= 15 is 0 Å². The third-order valence-corrected chi connectivity index (χ3v) is 11.5. The lowest BCUT2D eigenvalue weighted by Crippen LogP contribution is -2.79. The minimum Gasteiger partial charge on any atom is -0.504 e. The largest absolute Gasteiger partial charge is 0.504 e. The second-order valence-electron chi connectivity index (χ2n) is 13.6. The van der Waals surface area contributed by atoms with E-state index in [1.807, 2.05) is 6.92 Å². The number of ether oxygens (including phenoxy) is 1. The second-order valence-corrected chi connectivity index (χ2v) is 13.6. The Kier molecular flexibility index (Phi) is 4.83. The predicted molar refractivity (Wildman–Crippen MR) is 140 cm³/mol. The normalized spacial score (nSPS) is 42.2. The zero-order valence-electron chi connectivity index (χ0n) is 21.5. The zero-order chi connectivity index (χ0) is 23.9. The molecule has 8 rings (SSSR count). The molecule has 4 bridgehead atoms. The molecule has 2 aliphatic heterocycles. The number of likely N-dealkylation sites (tertiary alicyclic amines) is 1. The fourth-order valence-corrected chi connectivity index (χ4v) is 9.10. The van der Waals surface area contributed by atoms with Crippen molar-refractivity contribution in [2.24, 2.45) is 28.1 Å². The van der Waals surface area contributed by atoms with Crippen LogP contribution in [0.5, 0.6) is 11.5 Å². The van der Waals surface area contributed by atoms with Crippen molar-refractivity contribution >= 4 is 13.5 Å². The van der Waals surface area contributed by atoms with Crippen molar-refractivity contribution in [1.82, 2.24) is 4.90 Å². The van der Waals surface area contributed by atoms with Crippen LogP contribution < -0.4 is 4.74 Å². The summed E-state index contributed by atoms with van der Waals surface area (Å²) in [5.74, 6) is 1.52. The van der Waals surface area contributed by atoms with Gasteiger partial charge in [0, 0.05) is 34.9 Å². The molecule has 2 heterocycles. The van der Waals surface area contributed by atoms with Crippen molar-refractivity contribution in [1.29, 1.82) is 0 Å². The molecule has 5 aliphatic carbocycles. The van der Waals surface area contributed by atoms with Gasteiger partial charge in [0.2, 0.25) is 0 Å². The number of piperidine rings is 1. The number of hydrogen-bond acceptors (Lipinski definition) is 5. The van der Waals surface area contributed by atoms with E-state index < -0.39 is 11.0 Å². The molecule has 6 heteroatoms. The predicted octanol–water partition coefficient (Wildman–Crippen LogP) is 3.90. The highest BCUT2D eigenvalue weighted by molar-refractivity contribution is 7.59. The number of phenolic OH excluding ortho intramolecular Hbond substituents is 1. The van der Waals surface area contributed by atoms with Crippen LogP contribution >= 0.6 is 13.5 Å². The van der Waals surface area contributed by atoms with Crippen LogP contribution in [0.3, 0.4) is 0 Å². The number of phenols is 1. The van der Waals surface area contributed by atoms with Crippen LogP contribution in [-0.4, -0.2) is 57.7 Å². The summed E-state index contributed by atoms with van der Waals surface area (Å²) < 4.78 is 6.81. The summed E-state index contributed by atoms with van der Waals surface area (Å²) >= 11 is 0. The molecule has 1 aromatic carbocycles. The Morgan fingerprint density at radius 1 is 1.14 bits per heavy atom. The highest BCUT2D eigenvalue weighted by Gasteiger charge is 2.80. The second kappa shape index (κ2) is 7.00. The van der Waals surface area contributed by atoms with Crippen LogP contribution in [-0.2, 0) is 11.8 Å². The highest BCUT2D eigenvalue weighted by Crippen LogP contribution is 2.77. The van der Waals surface area contributed by atoms with E-state index in [1.165, 1.54) is 24.0 Å². The summed E-state index contributed by atoms with van der Waals surface area (Å²) in [6.07, 6.45) is 9.83. The van der Waals surface area contributed by atoms with Gasteiger partial charge < -0.3 is 20.1 Å². The van der Waals surface area contributed by atoms with Crippen LogP contribution in [0.1, 0.15) is 64.5 Å². The van der Waals surface area contributed by atoms with Crippen molar-refractivity contribution in [3.63, 3.8) is 0 Å². The standard InChI is InChI=1S/C29H39NO4.H2S/c1-25(2,3)26(4,33)20-14-28-10-9-27(20,16-31)24-29(28)11-12-30(15-17-5-6-17)21(28)13-18-7-8-19(32)23(34-24)22(18)29;/h7-10,17,20-21,24,31-33H,5-6,11-16H2,1-4H3;1H2/t20?,21-,24+,26+,27-,28-,29+;/m1./s1. The van der Waals surface area contributed by atoms with Gasteiger partial charge in [-0.15, -0.1) is 0 Å². The van der Waals surface area contributed by atoms with Crippen molar-refractivity contribution in [3.8, 4) is 11.5 Å². The summed E-state index contributed by atoms with van der Waals surface area (Å²) in [7, 11) is 0. The Hall–Kier alpha value is -1.21. The first-order valence-corrected chi connectivity index (χ1v) is 13.3. The molecule has 192 valence electrons. The maximum Gasteiger partial charge on any atom is 0.165 e. The van der Waals surface area contributed by atoms with Gasteiger partial charge in [-0.3, -0.25) is 4.90 Å². The Bertz CT molecular complexity index is 1110. The fourth-order valence-electron chi connectivity index (χ4n) is 9.10. The average molecular weight is 500 g/mol. The maximum absolute atomic E-state index is 12.1. The first-order valence-electron chi connectivity index (χ1n) is 13.3. The molecule has 1 unspecified atom stereocenters. The molecule has 1 saturated heterocycles. The molecule has 2 saturated carbocycles. The molecule has 2 spiro atoms. The zero-order valence-corrected chi connectivity index (χ0v) is 22.5. The Morgan fingerprint density at radius 2 is 1.89 bits per heavy atom. The van der Waals surface area contributed by atoms with E-state index in [0.717, 1.165) is 38.3 Å². The topological polar surface area (TPSA) is 73.2 Å². The molecule has 1 aromatic rings. The molecular weight excluding hydrogens is 458 g/mol. The third-order valence-electron chi connectivity index (χ3n) is 11.5. The first-order chi connectivity index (χ1) is 16.0. The molecule has 7 aliphatic rings. The lowest BCUT2D eigenvalue weighted by molar-refractivity contribution is -0.238. The number of aliphatic hydroxyl groups is 2. The summed E-state index contributed by atoms with van der Waals surface area (Å²) in [6.45, 7) is 10.4. The average Bonchev–Trinajstić information content (AvgIpc) is 3.53. The van der Waals surface area contributed by atoms with Crippen molar-refractivity contribution in [2.75, 3.05) is 19.7 Å². The molecule has 7 atom stereocenters. The van der Waals surface area contributed by atoms with E-state index in [1.54, 1.807) is 6.07 Å². The number of fused-ring (bicyclic) bond motifs is 1. The minimum atomic E-state index is -0.995. The van der Waals surface area contributed by atoms with E-state index in [0.29, 0.717) is 11.8 Å². The van der Waals surface area contributed by atoms with E-state index in [-0.39, 0.29) is 54.1 Å². The van der Waals surface area contributed by atoms with Crippen LogP contribution in [0.25, 0.3) is 0 Å². The molecular formula is C29H41NO4S. The summed E-state index contributed by atoms with van der Waals surface area (Å²) in [4.78, 5) is 2.75. The SMILES string of the molecule is CC(C)(C)[C@@](C)(O)C1C[C@@]23C=C[C@]1(CO)[C@@H]1Oc4c(O)ccc5c4[C@@]12CCN(CC1CC1)[C@@H]3C5.S. The Morgan fingerprint density at radius 3 is 2.54 bits per heavy atom. The molecule has 0 amide bonds. The van der Waals surface area contributed by atoms with Gasteiger partial charge in [-0.2, -0.15) is 13.5 Å². The number of hydrogen-bond donors (Lipinski definition) is 3. The van der Waals surface area contributed by atoms with Gasteiger partial charge >= 0.3 is 0 Å². The summed E-state index contributed by atoms with van der Waals surface area (Å²) in [6, 6.07) is 4.26. The van der Waals surface area contributed by atoms with Gasteiger partial charge in [-0.25, -0.2) is 0 Å². The van der Waals surface area contributed by atoms with Crippen LogP contribution in [0.4, 0.5) is 0 Å². The molecule has 0 radical (unpaired) electrons. The molecule has 5 nitrogen and oxygen atoms in total. The van der Waals surface area contributed by atoms with Crippen molar-refractivity contribution in [2.45, 2.75) is 83.0 Å². The number of rotatable bonds is 4. The van der Waals surface area contributed by atoms with Gasteiger partial charge in [-0.05, 0) is 68.5 Å². The van der Waals surface area contributed by atoms with Gasteiger partial charge in [0.25, 0.3) is 0 Å². The maximum atomic E-state index is 12.1. The number of aromatic hydroxyl groups is 1. The summed E-state index contributed by atoms with van der Waals surface area (Å²) in [5.41, 5.74) is 0.0307. The minimum absolute atomic E-state index is 0. The van der Waals surface area contributed by atoms with Crippen molar-refractivity contribution < 1.29 is 20.1 Å². The molecule has 3 N–H and O–H groups in total. The lowest BCUT2D eigenvalue weighted by atomic mass is 9.33. The smallest absolute Gasteiger partial charge is 0.165 e. The molecule has 35 heavy (non-hydrogen) atoms. The van der Waals surface area contributed by atoms with E-state index in [4.69, 9.17) is 4.74 Å². The quantitative estimate of drug-likeness (QED) is 0.548. The number of aliphatic hydroxyl groups excluding tert-OH is 1. The monoisotopic (exact) mass is 499 g/mol. The van der Waals surface area contributed by atoms with Crippen molar-refractivity contribution in [3.05, 3.63) is 35.4 Å². The number of nitrogens with zero attached hydrogens (tertiary/aromatic N) is 1. The van der Waals surface area contributed by atoms with Gasteiger partial charge in [0.1, 0.15) is 6.10 Å². The Labute approximate surface area is 216 Å². The fraction of sp³-hybridized carbons (Fsp3) is 0.724. The summed E-state index contributed by atoms with van der Waals surface area (Å²) in [5, 5.41) is 34.1. The van der Waals surface area contributed by atoms with Gasteiger partial charge in [0.05, 0.1) is 17.6 Å².